The van der Waals surface area contributed by atoms with Gasteiger partial charge in [0.05, 0.1) is 23.1 Å². The van der Waals surface area contributed by atoms with Gasteiger partial charge < -0.3 is 10.6 Å². The molecule has 1 aliphatic rings. The van der Waals surface area contributed by atoms with Crippen LogP contribution in [-0.4, -0.2) is 34.8 Å². The Bertz CT molecular complexity index is 693. The molecule has 0 bridgehead atoms. The summed E-state index contributed by atoms with van der Waals surface area (Å²) >= 11 is 0. The third-order valence-electron chi connectivity index (χ3n) is 4.06. The van der Waals surface area contributed by atoms with Crippen LogP contribution in [0.25, 0.3) is 5.69 Å². The second kappa shape index (κ2) is 7.77. The quantitative estimate of drug-likeness (QED) is 0.889. The summed E-state index contributed by atoms with van der Waals surface area (Å²) in [5.74, 6) is -0.278. The Morgan fingerprint density at radius 1 is 1.38 bits per heavy atom. The molecule has 1 fully saturated rings. The fourth-order valence-corrected chi connectivity index (χ4v) is 2.92. The Balaban J connectivity index is 0.00000208. The lowest BCUT2D eigenvalue weighted by Crippen LogP contribution is -2.36. The molecule has 7 heteroatoms. The molecule has 1 unspecified atom stereocenters. The van der Waals surface area contributed by atoms with Crippen LogP contribution in [0.2, 0.25) is 0 Å². The van der Waals surface area contributed by atoms with Gasteiger partial charge in [0.2, 0.25) is 0 Å². The maximum atomic E-state index is 13.1. The SMILES string of the molecule is CC(C)c1c(C(=O)NC2CCNC2)cnn1-c1ccc(F)cc1.Cl. The van der Waals surface area contributed by atoms with E-state index in [1.54, 1.807) is 23.0 Å². The number of halogens is 2. The van der Waals surface area contributed by atoms with Crippen LogP contribution in [0.1, 0.15) is 42.2 Å². The molecule has 1 saturated heterocycles. The summed E-state index contributed by atoms with van der Waals surface area (Å²) in [6.45, 7) is 5.77. The lowest BCUT2D eigenvalue weighted by atomic mass is 10.0. The van der Waals surface area contributed by atoms with Gasteiger partial charge in [-0.25, -0.2) is 9.07 Å². The summed E-state index contributed by atoms with van der Waals surface area (Å²) < 4.78 is 14.8. The maximum absolute atomic E-state index is 13.1. The first kappa shape index (κ1) is 18.4. The van der Waals surface area contributed by atoms with Crippen molar-refractivity contribution in [2.75, 3.05) is 13.1 Å². The lowest BCUT2D eigenvalue weighted by molar-refractivity contribution is 0.0938. The molecule has 1 amide bonds. The van der Waals surface area contributed by atoms with Crippen LogP contribution in [0.4, 0.5) is 4.39 Å². The molecule has 1 atom stereocenters. The van der Waals surface area contributed by atoms with Gasteiger partial charge in [-0.2, -0.15) is 5.10 Å². The normalized spacial score (nSPS) is 16.9. The minimum Gasteiger partial charge on any atom is -0.348 e. The van der Waals surface area contributed by atoms with Crippen molar-refractivity contribution in [3.63, 3.8) is 0 Å². The van der Waals surface area contributed by atoms with Crippen molar-refractivity contribution < 1.29 is 9.18 Å². The third-order valence-corrected chi connectivity index (χ3v) is 4.06. The van der Waals surface area contributed by atoms with Crippen molar-refractivity contribution in [2.45, 2.75) is 32.2 Å². The second-order valence-corrected chi connectivity index (χ2v) is 6.15. The van der Waals surface area contributed by atoms with Crippen LogP contribution < -0.4 is 10.6 Å². The molecule has 0 aliphatic carbocycles. The molecule has 3 rings (SSSR count). The molecule has 0 saturated carbocycles. The Morgan fingerprint density at radius 3 is 2.67 bits per heavy atom. The fraction of sp³-hybridized carbons (Fsp3) is 0.412. The lowest BCUT2D eigenvalue weighted by Gasteiger charge is -2.15. The molecular formula is C17H22ClFN4O. The molecular weight excluding hydrogens is 331 g/mol. The highest BCUT2D eigenvalue weighted by Gasteiger charge is 2.24. The maximum Gasteiger partial charge on any atom is 0.255 e. The average Bonchev–Trinajstić information content (AvgIpc) is 3.16. The van der Waals surface area contributed by atoms with Crippen molar-refractivity contribution in [3.05, 3.63) is 47.5 Å². The van der Waals surface area contributed by atoms with E-state index in [0.717, 1.165) is 30.9 Å². The van der Waals surface area contributed by atoms with Crippen molar-refractivity contribution in [2.24, 2.45) is 0 Å². The van der Waals surface area contributed by atoms with E-state index < -0.39 is 0 Å². The minimum atomic E-state index is -0.293. The van der Waals surface area contributed by atoms with Gasteiger partial charge in [-0.1, -0.05) is 13.8 Å². The number of carbonyl (C=O) groups is 1. The van der Waals surface area contributed by atoms with Gasteiger partial charge in [0, 0.05) is 12.6 Å². The largest absolute Gasteiger partial charge is 0.348 e. The minimum absolute atomic E-state index is 0. The average molecular weight is 353 g/mol. The summed E-state index contributed by atoms with van der Waals surface area (Å²) in [6.07, 6.45) is 2.53. The number of carbonyl (C=O) groups excluding carboxylic acids is 1. The van der Waals surface area contributed by atoms with Crippen molar-refractivity contribution in [3.8, 4) is 5.69 Å². The van der Waals surface area contributed by atoms with Crippen molar-refractivity contribution >= 4 is 18.3 Å². The molecule has 130 valence electrons. The summed E-state index contributed by atoms with van der Waals surface area (Å²) in [5, 5.41) is 10.6. The predicted molar refractivity (Wildman–Crippen MR) is 93.6 cm³/mol. The number of rotatable bonds is 4. The molecule has 2 aromatic rings. The molecule has 1 aromatic carbocycles. The van der Waals surface area contributed by atoms with Crippen molar-refractivity contribution in [1.82, 2.24) is 20.4 Å². The zero-order valence-electron chi connectivity index (χ0n) is 13.8. The van der Waals surface area contributed by atoms with Gasteiger partial charge in [0.1, 0.15) is 5.82 Å². The number of nitrogens with zero attached hydrogens (tertiary/aromatic N) is 2. The molecule has 1 aromatic heterocycles. The highest BCUT2D eigenvalue weighted by atomic mass is 35.5. The van der Waals surface area contributed by atoms with Gasteiger partial charge in [-0.3, -0.25) is 4.79 Å². The highest BCUT2D eigenvalue weighted by molar-refractivity contribution is 5.95. The van der Waals surface area contributed by atoms with E-state index in [0.29, 0.717) is 5.56 Å². The first-order valence-electron chi connectivity index (χ1n) is 7.91. The Hall–Kier alpha value is -1.92. The standard InChI is InChI=1S/C17H21FN4O.ClH/c1-11(2)16-15(17(23)21-13-7-8-19-9-13)10-20-22(16)14-5-3-12(18)4-6-14;/h3-6,10-11,13,19H,7-9H2,1-2H3,(H,21,23);1H. The summed E-state index contributed by atoms with van der Waals surface area (Å²) in [7, 11) is 0. The van der Waals surface area contributed by atoms with E-state index in [9.17, 15) is 9.18 Å². The third kappa shape index (κ3) is 3.76. The number of benzene rings is 1. The van der Waals surface area contributed by atoms with Gasteiger partial charge in [-0.15, -0.1) is 12.4 Å². The Morgan fingerprint density at radius 2 is 2.08 bits per heavy atom. The number of hydrogen-bond acceptors (Lipinski definition) is 3. The molecule has 0 radical (unpaired) electrons. The molecule has 24 heavy (non-hydrogen) atoms. The van der Waals surface area contributed by atoms with E-state index in [-0.39, 0.29) is 36.1 Å². The number of aromatic nitrogens is 2. The van der Waals surface area contributed by atoms with E-state index in [1.807, 2.05) is 13.8 Å². The summed E-state index contributed by atoms with van der Waals surface area (Å²) in [4.78, 5) is 12.6. The molecule has 2 heterocycles. The number of hydrogen-bond donors (Lipinski definition) is 2. The molecule has 0 spiro atoms. The second-order valence-electron chi connectivity index (χ2n) is 6.15. The Labute approximate surface area is 147 Å². The predicted octanol–water partition coefficient (Wildman–Crippen LogP) is 2.65. The van der Waals surface area contributed by atoms with Crippen molar-refractivity contribution in [1.29, 1.82) is 0 Å². The first-order chi connectivity index (χ1) is 11.1. The van der Waals surface area contributed by atoms with E-state index >= 15 is 0 Å². The summed E-state index contributed by atoms with van der Waals surface area (Å²) in [5.41, 5.74) is 2.16. The van der Waals surface area contributed by atoms with Crippen LogP contribution in [0.15, 0.2) is 30.5 Å². The topological polar surface area (TPSA) is 59.0 Å². The van der Waals surface area contributed by atoms with E-state index in [2.05, 4.69) is 15.7 Å². The van der Waals surface area contributed by atoms with Crippen LogP contribution in [0, 0.1) is 5.82 Å². The van der Waals surface area contributed by atoms with E-state index in [1.165, 1.54) is 12.1 Å². The molecule has 1 aliphatic heterocycles. The number of nitrogens with one attached hydrogen (secondary N) is 2. The van der Waals surface area contributed by atoms with Gasteiger partial charge in [0.25, 0.3) is 5.91 Å². The first-order valence-corrected chi connectivity index (χ1v) is 7.91. The Kier molecular flexibility index (Phi) is 5.96. The van der Waals surface area contributed by atoms with Crippen LogP contribution in [0.3, 0.4) is 0 Å². The molecule has 2 N–H and O–H groups in total. The highest BCUT2D eigenvalue weighted by Crippen LogP contribution is 2.23. The molecule has 5 nitrogen and oxygen atoms in total. The monoisotopic (exact) mass is 352 g/mol. The van der Waals surface area contributed by atoms with Gasteiger partial charge in [0.15, 0.2) is 0 Å². The number of amides is 1. The fourth-order valence-electron chi connectivity index (χ4n) is 2.92. The van der Waals surface area contributed by atoms with Gasteiger partial charge >= 0.3 is 0 Å². The van der Waals surface area contributed by atoms with Crippen LogP contribution in [-0.2, 0) is 0 Å². The summed E-state index contributed by atoms with van der Waals surface area (Å²) in [6, 6.07) is 6.28. The zero-order valence-corrected chi connectivity index (χ0v) is 14.6. The van der Waals surface area contributed by atoms with Crippen LogP contribution >= 0.6 is 12.4 Å². The van der Waals surface area contributed by atoms with E-state index in [4.69, 9.17) is 0 Å². The van der Waals surface area contributed by atoms with Crippen LogP contribution in [0.5, 0.6) is 0 Å². The zero-order chi connectivity index (χ0) is 16.4. The van der Waals surface area contributed by atoms with Gasteiger partial charge in [-0.05, 0) is 43.1 Å². The smallest absolute Gasteiger partial charge is 0.255 e.